The van der Waals surface area contributed by atoms with Gasteiger partial charge >= 0.3 is 0 Å². The Bertz CT molecular complexity index is 1490. The third-order valence-corrected chi connectivity index (χ3v) is 6.05. The minimum atomic E-state index is -0.479. The molecular formula is C22H18ClN9O. The number of pyridine rings is 1. The molecule has 11 heteroatoms. The van der Waals surface area contributed by atoms with Crippen LogP contribution in [-0.2, 0) is 5.41 Å². The molecule has 5 N–H and O–H groups in total. The van der Waals surface area contributed by atoms with Crippen molar-refractivity contribution in [2.24, 2.45) is 0 Å². The van der Waals surface area contributed by atoms with Crippen LogP contribution in [0.5, 0.6) is 0 Å². The predicted molar refractivity (Wildman–Crippen MR) is 125 cm³/mol. The Kier molecular flexibility index (Phi) is 4.83. The van der Waals surface area contributed by atoms with E-state index < -0.39 is 5.41 Å². The van der Waals surface area contributed by atoms with Crippen molar-refractivity contribution in [2.45, 2.75) is 18.3 Å². The van der Waals surface area contributed by atoms with E-state index in [9.17, 15) is 10.1 Å². The van der Waals surface area contributed by atoms with E-state index in [1.165, 1.54) is 0 Å². The Morgan fingerprint density at radius 2 is 2.00 bits per heavy atom. The number of nitriles is 1. The molecule has 10 nitrogen and oxygen atoms in total. The van der Waals surface area contributed by atoms with Crippen LogP contribution < -0.4 is 22.3 Å². The molecule has 0 radical (unpaired) electrons. The molecule has 164 valence electrons. The molecule has 33 heavy (non-hydrogen) atoms. The van der Waals surface area contributed by atoms with E-state index in [0.29, 0.717) is 34.0 Å². The van der Waals surface area contributed by atoms with Gasteiger partial charge in [0, 0.05) is 18.2 Å². The van der Waals surface area contributed by atoms with E-state index in [0.717, 1.165) is 12.8 Å². The number of anilines is 3. The van der Waals surface area contributed by atoms with Gasteiger partial charge in [-0.3, -0.25) is 14.3 Å². The highest BCUT2D eigenvalue weighted by Crippen LogP contribution is 2.48. The van der Waals surface area contributed by atoms with Gasteiger partial charge in [-0.1, -0.05) is 17.7 Å². The van der Waals surface area contributed by atoms with Gasteiger partial charge in [-0.2, -0.15) is 15.2 Å². The van der Waals surface area contributed by atoms with E-state index in [2.05, 4.69) is 20.3 Å². The highest BCUT2D eigenvalue weighted by atomic mass is 35.5. The first-order valence-corrected chi connectivity index (χ1v) is 10.5. The summed E-state index contributed by atoms with van der Waals surface area (Å²) in [5.41, 5.74) is 12.0. The number of rotatable bonds is 5. The molecular weight excluding hydrogens is 442 g/mol. The maximum absolute atomic E-state index is 13.6. The first-order valence-electron chi connectivity index (χ1n) is 10.1. The number of benzene rings is 1. The van der Waals surface area contributed by atoms with Crippen LogP contribution in [0.4, 0.5) is 17.6 Å². The second-order valence-electron chi connectivity index (χ2n) is 7.86. The summed E-state index contributed by atoms with van der Waals surface area (Å²) in [6.07, 6.45) is 4.79. The molecule has 0 saturated heterocycles. The summed E-state index contributed by atoms with van der Waals surface area (Å²) >= 11 is 6.36. The van der Waals surface area contributed by atoms with Crippen molar-refractivity contribution in [3.05, 3.63) is 69.5 Å². The molecule has 0 amide bonds. The zero-order valence-electron chi connectivity index (χ0n) is 17.3. The fourth-order valence-electron chi connectivity index (χ4n) is 3.89. The van der Waals surface area contributed by atoms with Crippen LogP contribution in [0.1, 0.15) is 24.2 Å². The van der Waals surface area contributed by atoms with Gasteiger partial charge in [0.15, 0.2) is 5.82 Å². The average molecular weight is 460 g/mol. The monoisotopic (exact) mass is 459 g/mol. The molecule has 0 atom stereocenters. The molecule has 0 aliphatic heterocycles. The van der Waals surface area contributed by atoms with Gasteiger partial charge in [-0.25, -0.2) is 4.98 Å². The van der Waals surface area contributed by atoms with Gasteiger partial charge in [0.25, 0.3) is 5.56 Å². The summed E-state index contributed by atoms with van der Waals surface area (Å²) in [5, 5.41) is 13.3. The number of nitrogen functional groups attached to an aromatic ring is 2. The highest BCUT2D eigenvalue weighted by molar-refractivity contribution is 6.35. The summed E-state index contributed by atoms with van der Waals surface area (Å²) < 4.78 is 1.56. The van der Waals surface area contributed by atoms with Gasteiger partial charge in [-0.15, -0.1) is 0 Å². The lowest BCUT2D eigenvalue weighted by Crippen LogP contribution is -2.32. The summed E-state index contributed by atoms with van der Waals surface area (Å²) in [6, 6.07) is 10.8. The summed E-state index contributed by atoms with van der Waals surface area (Å²) in [5.74, 6) is 0.789. The molecule has 4 aromatic rings. The normalized spacial score (nSPS) is 14.1. The minimum absolute atomic E-state index is 0.00286. The molecule has 1 aromatic carbocycles. The maximum Gasteiger partial charge on any atom is 0.267 e. The number of halogens is 1. The summed E-state index contributed by atoms with van der Waals surface area (Å²) in [4.78, 5) is 30.6. The van der Waals surface area contributed by atoms with E-state index in [-0.39, 0.29) is 28.7 Å². The largest absolute Gasteiger partial charge is 0.382 e. The fourth-order valence-corrected chi connectivity index (χ4v) is 4.14. The smallest absolute Gasteiger partial charge is 0.267 e. The fraction of sp³-hybridized carbons (Fsp3) is 0.182. The van der Waals surface area contributed by atoms with Crippen molar-refractivity contribution in [2.75, 3.05) is 23.3 Å². The number of aromatic nitrogens is 5. The van der Waals surface area contributed by atoms with Gasteiger partial charge < -0.3 is 16.8 Å². The van der Waals surface area contributed by atoms with Gasteiger partial charge in [0.2, 0.25) is 5.95 Å². The predicted octanol–water partition coefficient (Wildman–Crippen LogP) is 2.40. The number of hydrogen-bond acceptors (Lipinski definition) is 9. The van der Waals surface area contributed by atoms with Crippen LogP contribution in [0.15, 0.2) is 47.5 Å². The van der Waals surface area contributed by atoms with E-state index in [1.54, 1.807) is 47.3 Å². The molecule has 3 heterocycles. The van der Waals surface area contributed by atoms with Crippen molar-refractivity contribution < 1.29 is 0 Å². The number of nitrogens with one attached hydrogen (secondary N) is 1. The van der Waals surface area contributed by atoms with Crippen molar-refractivity contribution in [1.82, 2.24) is 24.5 Å². The third-order valence-electron chi connectivity index (χ3n) is 5.74. The van der Waals surface area contributed by atoms with Gasteiger partial charge in [0.1, 0.15) is 23.3 Å². The van der Waals surface area contributed by atoms with Crippen molar-refractivity contribution in [3.63, 3.8) is 0 Å². The molecule has 1 saturated carbocycles. The number of nitrogens with zero attached hydrogens (tertiary/aromatic N) is 6. The summed E-state index contributed by atoms with van der Waals surface area (Å²) in [6.45, 7) is 0.357. The number of fused-ring (bicyclic) bond motifs is 1. The molecule has 1 fully saturated rings. The van der Waals surface area contributed by atoms with Crippen molar-refractivity contribution >= 4 is 40.1 Å². The van der Waals surface area contributed by atoms with Crippen LogP contribution in [-0.4, -0.2) is 31.0 Å². The van der Waals surface area contributed by atoms with Crippen LogP contribution in [0.2, 0.25) is 5.02 Å². The maximum atomic E-state index is 13.6. The van der Waals surface area contributed by atoms with Crippen LogP contribution >= 0.6 is 11.6 Å². The lowest BCUT2D eigenvalue weighted by atomic mass is 10.0. The Balaban J connectivity index is 1.65. The van der Waals surface area contributed by atoms with Crippen molar-refractivity contribution in [3.8, 4) is 11.8 Å². The molecule has 1 aliphatic carbocycles. The van der Waals surface area contributed by atoms with Gasteiger partial charge in [0.05, 0.1) is 27.8 Å². The van der Waals surface area contributed by atoms with E-state index in [4.69, 9.17) is 28.1 Å². The van der Waals surface area contributed by atoms with Gasteiger partial charge in [-0.05, 0) is 37.1 Å². The average Bonchev–Trinajstić information content (AvgIpc) is 3.59. The molecule has 0 spiro atoms. The third kappa shape index (κ3) is 3.48. The van der Waals surface area contributed by atoms with Crippen LogP contribution in [0.25, 0.3) is 16.6 Å². The lowest BCUT2D eigenvalue weighted by molar-refractivity contribution is 0.636. The first-order chi connectivity index (χ1) is 15.9. The topological polar surface area (TPSA) is 161 Å². The Morgan fingerprint density at radius 3 is 2.70 bits per heavy atom. The van der Waals surface area contributed by atoms with Crippen LogP contribution in [0.3, 0.4) is 0 Å². The number of hydrogen-bond donors (Lipinski definition) is 3. The molecule has 0 unspecified atom stereocenters. The standard InChI is InChI=1S/C22H18ClN9O/c23-14-4-1-5-15-16(14)19(33)32(12-3-2-8-27-10-12)20(29-15)22(6-7-22)11-28-18-13(9-24)17(25)30-21(26)31-18/h1-5,8,10H,6-7,11H2,(H5,25,26,28,30,31). The zero-order valence-corrected chi connectivity index (χ0v) is 18.0. The second-order valence-corrected chi connectivity index (χ2v) is 8.26. The molecule has 5 rings (SSSR count). The Hall–Kier alpha value is -4.23. The molecule has 1 aliphatic rings. The Labute approximate surface area is 192 Å². The SMILES string of the molecule is N#Cc1c(N)nc(N)nc1NCC1(c2nc3cccc(Cl)c3c(=O)n2-c2cccnc2)CC1. The molecule has 0 bridgehead atoms. The van der Waals surface area contributed by atoms with E-state index in [1.807, 2.05) is 6.07 Å². The highest BCUT2D eigenvalue weighted by Gasteiger charge is 2.48. The Morgan fingerprint density at radius 1 is 1.18 bits per heavy atom. The van der Waals surface area contributed by atoms with Crippen LogP contribution in [0, 0.1) is 11.3 Å². The quantitative estimate of drug-likeness (QED) is 0.406. The van der Waals surface area contributed by atoms with E-state index >= 15 is 0 Å². The minimum Gasteiger partial charge on any atom is -0.382 e. The lowest BCUT2D eigenvalue weighted by Gasteiger charge is -2.22. The second kappa shape index (κ2) is 7.72. The zero-order chi connectivity index (χ0) is 23.2. The first kappa shape index (κ1) is 20.7. The van der Waals surface area contributed by atoms with Crippen molar-refractivity contribution in [1.29, 1.82) is 5.26 Å². The number of nitrogens with two attached hydrogens (primary N) is 2. The molecule has 3 aromatic heterocycles. The summed E-state index contributed by atoms with van der Waals surface area (Å²) in [7, 11) is 0.